The molecule has 1 aliphatic carbocycles. The summed E-state index contributed by atoms with van der Waals surface area (Å²) in [7, 11) is 0. The van der Waals surface area contributed by atoms with Crippen LogP contribution in [0.1, 0.15) is 42.5 Å². The van der Waals surface area contributed by atoms with Crippen molar-refractivity contribution in [3.05, 3.63) is 65.6 Å². The smallest absolute Gasteiger partial charge is 0.342 e. The number of pyridine rings is 1. The summed E-state index contributed by atoms with van der Waals surface area (Å²) in [5.74, 6) is -1.37. The molecule has 29 heavy (non-hydrogen) atoms. The molecule has 7 heteroatoms. The molecule has 6 nitrogen and oxygen atoms in total. The monoisotopic (exact) mass is 397 g/mol. The fraction of sp³-hybridized carbons (Fsp3) is 0.318. The third kappa shape index (κ3) is 6.14. The number of carbonyl (C=O) groups is 2. The summed E-state index contributed by atoms with van der Waals surface area (Å²) in [5, 5.41) is 5.55. The van der Waals surface area contributed by atoms with E-state index in [-0.39, 0.29) is 29.6 Å². The van der Waals surface area contributed by atoms with Crippen molar-refractivity contribution in [2.24, 2.45) is 0 Å². The molecular formula is C22H24FN3O3. The molecule has 1 amide bonds. The van der Waals surface area contributed by atoms with Gasteiger partial charge in [0, 0.05) is 12.7 Å². The van der Waals surface area contributed by atoms with Crippen molar-refractivity contribution in [2.45, 2.75) is 32.1 Å². The van der Waals surface area contributed by atoms with Gasteiger partial charge in [-0.3, -0.25) is 4.79 Å². The van der Waals surface area contributed by atoms with E-state index in [1.807, 2.05) is 0 Å². The Hall–Kier alpha value is -3.22. The molecule has 1 aliphatic rings. The van der Waals surface area contributed by atoms with E-state index in [0.29, 0.717) is 6.54 Å². The number of nitrogens with one attached hydrogen (secondary N) is 2. The molecule has 3 rings (SSSR count). The highest BCUT2D eigenvalue weighted by molar-refractivity contribution is 5.96. The molecule has 1 aromatic heterocycles. The second-order valence-corrected chi connectivity index (χ2v) is 6.79. The molecule has 1 aromatic carbocycles. The Bertz CT molecular complexity index is 898. The molecule has 152 valence electrons. The topological polar surface area (TPSA) is 80.3 Å². The summed E-state index contributed by atoms with van der Waals surface area (Å²) in [4.78, 5) is 28.4. The van der Waals surface area contributed by atoms with E-state index in [1.54, 1.807) is 18.2 Å². The third-order valence-electron chi connectivity index (χ3n) is 4.64. The molecule has 0 radical (unpaired) electrons. The van der Waals surface area contributed by atoms with Crippen LogP contribution in [0.25, 0.3) is 0 Å². The average molecular weight is 397 g/mol. The Morgan fingerprint density at radius 2 is 2.00 bits per heavy atom. The van der Waals surface area contributed by atoms with Crippen molar-refractivity contribution >= 4 is 23.4 Å². The maximum atomic E-state index is 13.9. The molecule has 2 N–H and O–H groups in total. The quantitative estimate of drug-likeness (QED) is 0.517. The Balaban J connectivity index is 1.51. The first-order valence-electron chi connectivity index (χ1n) is 9.72. The first-order chi connectivity index (χ1) is 14.1. The van der Waals surface area contributed by atoms with Crippen LogP contribution in [0.15, 0.2) is 54.2 Å². The molecule has 0 saturated carbocycles. The Morgan fingerprint density at radius 1 is 1.14 bits per heavy atom. The van der Waals surface area contributed by atoms with Crippen molar-refractivity contribution in [3.8, 4) is 0 Å². The van der Waals surface area contributed by atoms with E-state index >= 15 is 0 Å². The maximum absolute atomic E-state index is 13.9. The number of rotatable bonds is 8. The van der Waals surface area contributed by atoms with Crippen LogP contribution >= 0.6 is 0 Å². The number of halogens is 1. The average Bonchev–Trinajstić information content (AvgIpc) is 2.75. The van der Waals surface area contributed by atoms with Gasteiger partial charge in [-0.05, 0) is 56.4 Å². The number of allylic oxidation sites excluding steroid dienone is 1. The number of para-hydroxylation sites is 1. The minimum atomic E-state index is -0.706. The van der Waals surface area contributed by atoms with Gasteiger partial charge in [-0.2, -0.15) is 0 Å². The van der Waals surface area contributed by atoms with Gasteiger partial charge in [0.1, 0.15) is 17.2 Å². The minimum absolute atomic E-state index is 0.121. The molecule has 0 unspecified atom stereocenters. The van der Waals surface area contributed by atoms with E-state index in [1.165, 1.54) is 42.8 Å². The van der Waals surface area contributed by atoms with Gasteiger partial charge in [-0.25, -0.2) is 14.2 Å². The lowest BCUT2D eigenvalue weighted by Gasteiger charge is -2.13. The summed E-state index contributed by atoms with van der Waals surface area (Å²) >= 11 is 0. The number of benzene rings is 1. The van der Waals surface area contributed by atoms with Gasteiger partial charge >= 0.3 is 5.97 Å². The summed E-state index contributed by atoms with van der Waals surface area (Å²) < 4.78 is 19.0. The van der Waals surface area contributed by atoms with Gasteiger partial charge in [0.25, 0.3) is 5.91 Å². The fourth-order valence-corrected chi connectivity index (χ4v) is 3.11. The fourth-order valence-electron chi connectivity index (χ4n) is 3.11. The highest BCUT2D eigenvalue weighted by atomic mass is 19.1. The molecule has 0 fully saturated rings. The van der Waals surface area contributed by atoms with Crippen LogP contribution in [0.4, 0.5) is 15.9 Å². The van der Waals surface area contributed by atoms with E-state index in [4.69, 9.17) is 4.74 Å². The Kier molecular flexibility index (Phi) is 7.33. The predicted molar refractivity (Wildman–Crippen MR) is 108 cm³/mol. The van der Waals surface area contributed by atoms with Crippen LogP contribution in [-0.4, -0.2) is 30.0 Å². The number of nitrogens with zero attached hydrogens (tertiary/aromatic N) is 1. The van der Waals surface area contributed by atoms with Gasteiger partial charge < -0.3 is 15.4 Å². The standard InChI is InChI=1S/C22H24FN3O3/c23-18-10-4-5-11-19(18)26-21-17(9-6-13-25-21)22(28)29-15-20(27)24-14-12-16-7-2-1-3-8-16/h4-7,9-11,13H,1-3,8,12,14-15H2,(H,24,27)(H,25,26). The van der Waals surface area contributed by atoms with E-state index in [2.05, 4.69) is 21.7 Å². The first-order valence-corrected chi connectivity index (χ1v) is 9.72. The highest BCUT2D eigenvalue weighted by Gasteiger charge is 2.16. The molecule has 0 bridgehead atoms. The number of amides is 1. The zero-order valence-corrected chi connectivity index (χ0v) is 16.1. The first kappa shape index (κ1) is 20.5. The van der Waals surface area contributed by atoms with Crippen LogP contribution in [0, 0.1) is 5.82 Å². The highest BCUT2D eigenvalue weighted by Crippen LogP contribution is 2.21. The Morgan fingerprint density at radius 3 is 2.79 bits per heavy atom. The zero-order valence-electron chi connectivity index (χ0n) is 16.1. The second kappa shape index (κ2) is 10.4. The van der Waals surface area contributed by atoms with Crippen LogP contribution in [-0.2, 0) is 9.53 Å². The molecule has 0 aliphatic heterocycles. The normalized spacial score (nSPS) is 13.3. The van der Waals surface area contributed by atoms with Crippen molar-refractivity contribution in [1.29, 1.82) is 0 Å². The van der Waals surface area contributed by atoms with E-state index < -0.39 is 11.8 Å². The number of hydrogen-bond donors (Lipinski definition) is 2. The number of hydrogen-bond acceptors (Lipinski definition) is 5. The van der Waals surface area contributed by atoms with Gasteiger partial charge in [0.15, 0.2) is 6.61 Å². The van der Waals surface area contributed by atoms with Crippen LogP contribution in [0.5, 0.6) is 0 Å². The second-order valence-electron chi connectivity index (χ2n) is 6.79. The summed E-state index contributed by atoms with van der Waals surface area (Å²) in [6.07, 6.45) is 9.16. The molecule has 0 saturated heterocycles. The molecule has 2 aromatic rings. The van der Waals surface area contributed by atoms with Gasteiger partial charge in [0.05, 0.1) is 5.69 Å². The summed E-state index contributed by atoms with van der Waals surface area (Å²) in [5.41, 5.74) is 1.68. The minimum Gasteiger partial charge on any atom is -0.452 e. The third-order valence-corrected chi connectivity index (χ3v) is 4.64. The maximum Gasteiger partial charge on any atom is 0.342 e. The number of anilines is 2. The lowest BCUT2D eigenvalue weighted by Crippen LogP contribution is -2.30. The van der Waals surface area contributed by atoms with Crippen molar-refractivity contribution in [3.63, 3.8) is 0 Å². The van der Waals surface area contributed by atoms with E-state index in [9.17, 15) is 14.0 Å². The van der Waals surface area contributed by atoms with Crippen molar-refractivity contribution in [2.75, 3.05) is 18.5 Å². The van der Waals surface area contributed by atoms with Gasteiger partial charge in [-0.15, -0.1) is 0 Å². The van der Waals surface area contributed by atoms with Crippen LogP contribution in [0.3, 0.4) is 0 Å². The van der Waals surface area contributed by atoms with Crippen LogP contribution < -0.4 is 10.6 Å². The van der Waals surface area contributed by atoms with Crippen molar-refractivity contribution in [1.82, 2.24) is 10.3 Å². The van der Waals surface area contributed by atoms with Crippen LogP contribution in [0.2, 0.25) is 0 Å². The Labute approximate surface area is 169 Å². The van der Waals surface area contributed by atoms with E-state index in [0.717, 1.165) is 19.3 Å². The van der Waals surface area contributed by atoms with Gasteiger partial charge in [-0.1, -0.05) is 23.8 Å². The number of aromatic nitrogens is 1. The number of ether oxygens (including phenoxy) is 1. The van der Waals surface area contributed by atoms with Crippen molar-refractivity contribution < 1.29 is 18.7 Å². The van der Waals surface area contributed by atoms with Gasteiger partial charge in [0.2, 0.25) is 0 Å². The largest absolute Gasteiger partial charge is 0.452 e. The predicted octanol–water partition coefficient (Wildman–Crippen LogP) is 4.13. The molecule has 0 spiro atoms. The lowest BCUT2D eigenvalue weighted by molar-refractivity contribution is -0.124. The molecule has 1 heterocycles. The molecular weight excluding hydrogens is 373 g/mol. The summed E-state index contributed by atoms with van der Waals surface area (Å²) in [6.45, 7) is 0.140. The summed E-state index contributed by atoms with van der Waals surface area (Å²) in [6, 6.07) is 9.15. The lowest BCUT2D eigenvalue weighted by atomic mass is 9.97. The molecule has 0 atom stereocenters. The number of carbonyl (C=O) groups excluding carboxylic acids is 2. The SMILES string of the molecule is O=C(COC(=O)c1cccnc1Nc1ccccc1F)NCCC1=CCCCC1. The zero-order chi connectivity index (χ0) is 20.5. The number of esters is 1.